The summed E-state index contributed by atoms with van der Waals surface area (Å²) in [5.74, 6) is 0.122. The van der Waals surface area contributed by atoms with Gasteiger partial charge in [-0.15, -0.1) is 0 Å². The van der Waals surface area contributed by atoms with Crippen LogP contribution in [0.3, 0.4) is 0 Å². The van der Waals surface area contributed by atoms with Gasteiger partial charge in [0, 0.05) is 18.0 Å². The summed E-state index contributed by atoms with van der Waals surface area (Å²) in [7, 11) is -3.75. The van der Waals surface area contributed by atoms with Gasteiger partial charge in [0.25, 0.3) is 0 Å². The number of ether oxygens (including phenoxy) is 1. The zero-order valence-electron chi connectivity index (χ0n) is 11.0. The van der Waals surface area contributed by atoms with Crippen LogP contribution in [0.1, 0.15) is 0 Å². The Hall–Kier alpha value is -2.61. The quantitative estimate of drug-likeness (QED) is 0.527. The van der Waals surface area contributed by atoms with Crippen molar-refractivity contribution in [3.8, 4) is 11.5 Å². The molecule has 0 saturated heterocycles. The van der Waals surface area contributed by atoms with Crippen LogP contribution in [-0.2, 0) is 9.84 Å². The number of benzene rings is 2. The van der Waals surface area contributed by atoms with Crippen molar-refractivity contribution in [2.45, 2.75) is 4.90 Å². The molecule has 0 unspecified atom stereocenters. The lowest BCUT2D eigenvalue weighted by molar-refractivity contribution is -0.388. The van der Waals surface area contributed by atoms with E-state index in [9.17, 15) is 18.5 Å². The topological polar surface area (TPSA) is 113 Å². The second-order valence-corrected chi connectivity index (χ2v) is 6.29. The van der Waals surface area contributed by atoms with Crippen molar-refractivity contribution in [1.82, 2.24) is 0 Å². The number of anilines is 1. The van der Waals surface area contributed by atoms with Gasteiger partial charge in [-0.2, -0.15) is 0 Å². The predicted molar refractivity (Wildman–Crippen MR) is 77.1 cm³/mol. The molecule has 0 aliphatic rings. The van der Waals surface area contributed by atoms with Gasteiger partial charge in [-0.05, 0) is 24.3 Å². The van der Waals surface area contributed by atoms with Gasteiger partial charge in [-0.1, -0.05) is 12.1 Å². The van der Waals surface area contributed by atoms with Crippen LogP contribution < -0.4 is 10.5 Å². The van der Waals surface area contributed by atoms with Gasteiger partial charge in [0.05, 0.1) is 4.92 Å². The van der Waals surface area contributed by atoms with Gasteiger partial charge in [-0.3, -0.25) is 10.1 Å². The largest absolute Gasteiger partial charge is 0.450 e. The number of rotatable bonds is 4. The van der Waals surface area contributed by atoms with Crippen LogP contribution in [0.15, 0.2) is 47.4 Å². The number of para-hydroxylation sites is 1. The van der Waals surface area contributed by atoms with Crippen LogP contribution in [0.5, 0.6) is 11.5 Å². The SMILES string of the molecule is CS(=O)(=O)c1cccc(Oc2cccc(N)c2)c1[N+](=O)[O-]. The van der Waals surface area contributed by atoms with E-state index < -0.39 is 25.3 Å². The zero-order valence-corrected chi connectivity index (χ0v) is 11.8. The van der Waals surface area contributed by atoms with E-state index in [0.717, 1.165) is 6.26 Å². The normalized spacial score (nSPS) is 11.1. The van der Waals surface area contributed by atoms with Gasteiger partial charge in [0.15, 0.2) is 9.84 Å². The lowest BCUT2D eigenvalue weighted by atomic mass is 10.3. The molecule has 2 aromatic rings. The van der Waals surface area contributed by atoms with E-state index in [-0.39, 0.29) is 11.5 Å². The van der Waals surface area contributed by atoms with Crippen LogP contribution in [0.2, 0.25) is 0 Å². The second-order valence-electron chi connectivity index (χ2n) is 4.31. The Labute approximate surface area is 121 Å². The van der Waals surface area contributed by atoms with Gasteiger partial charge < -0.3 is 10.5 Å². The maximum absolute atomic E-state index is 11.6. The molecule has 21 heavy (non-hydrogen) atoms. The van der Waals surface area contributed by atoms with Crippen molar-refractivity contribution in [1.29, 1.82) is 0 Å². The predicted octanol–water partition coefficient (Wildman–Crippen LogP) is 2.37. The van der Waals surface area contributed by atoms with Gasteiger partial charge in [-0.25, -0.2) is 8.42 Å². The molecule has 110 valence electrons. The molecule has 0 bridgehead atoms. The first kappa shape index (κ1) is 14.8. The van der Waals surface area contributed by atoms with Crippen molar-refractivity contribution < 1.29 is 18.1 Å². The smallest absolute Gasteiger partial charge is 0.330 e. The number of nitrogens with zero attached hydrogens (tertiary/aromatic N) is 1. The van der Waals surface area contributed by atoms with E-state index >= 15 is 0 Å². The van der Waals surface area contributed by atoms with E-state index in [4.69, 9.17) is 10.5 Å². The molecule has 0 aromatic heterocycles. The Morgan fingerprint density at radius 3 is 2.43 bits per heavy atom. The van der Waals surface area contributed by atoms with Gasteiger partial charge in [0.1, 0.15) is 10.6 Å². The van der Waals surface area contributed by atoms with E-state index in [1.165, 1.54) is 24.3 Å². The molecular formula is C13H12N2O5S. The number of nitro groups is 1. The molecule has 0 aliphatic heterocycles. The Bertz CT molecular complexity index is 802. The third kappa shape index (κ3) is 3.29. The lowest BCUT2D eigenvalue weighted by Crippen LogP contribution is -2.04. The Balaban J connectivity index is 2.57. The van der Waals surface area contributed by atoms with Crippen LogP contribution in [0.4, 0.5) is 11.4 Å². The average molecular weight is 308 g/mol. The Morgan fingerprint density at radius 2 is 1.86 bits per heavy atom. The van der Waals surface area contributed by atoms with Crippen molar-refractivity contribution in [3.63, 3.8) is 0 Å². The van der Waals surface area contributed by atoms with Crippen molar-refractivity contribution in [2.75, 3.05) is 12.0 Å². The maximum atomic E-state index is 11.6. The fourth-order valence-electron chi connectivity index (χ4n) is 1.77. The summed E-state index contributed by atoms with van der Waals surface area (Å²) in [5.41, 5.74) is 5.43. The molecule has 0 amide bonds. The third-order valence-electron chi connectivity index (χ3n) is 2.63. The first-order valence-corrected chi connectivity index (χ1v) is 7.69. The molecule has 0 saturated carbocycles. The molecule has 2 N–H and O–H groups in total. The molecule has 7 nitrogen and oxygen atoms in total. The van der Waals surface area contributed by atoms with E-state index in [2.05, 4.69) is 0 Å². The highest BCUT2D eigenvalue weighted by Crippen LogP contribution is 2.36. The van der Waals surface area contributed by atoms with Crippen molar-refractivity contribution in [3.05, 3.63) is 52.6 Å². The highest BCUT2D eigenvalue weighted by molar-refractivity contribution is 7.90. The van der Waals surface area contributed by atoms with Crippen LogP contribution in [0.25, 0.3) is 0 Å². The molecule has 0 heterocycles. The fourth-order valence-corrected chi connectivity index (χ4v) is 2.62. The summed E-state index contributed by atoms with van der Waals surface area (Å²) in [4.78, 5) is 10.0. The Morgan fingerprint density at radius 1 is 1.19 bits per heavy atom. The van der Waals surface area contributed by atoms with Crippen LogP contribution in [0, 0.1) is 10.1 Å². The molecule has 2 rings (SSSR count). The van der Waals surface area contributed by atoms with E-state index in [0.29, 0.717) is 5.69 Å². The van der Waals surface area contributed by atoms with Crippen LogP contribution in [-0.4, -0.2) is 19.6 Å². The van der Waals surface area contributed by atoms with Crippen molar-refractivity contribution in [2.24, 2.45) is 0 Å². The summed E-state index contributed by atoms with van der Waals surface area (Å²) in [6.45, 7) is 0. The first-order valence-electron chi connectivity index (χ1n) is 5.80. The minimum atomic E-state index is -3.75. The van der Waals surface area contributed by atoms with Crippen molar-refractivity contribution >= 4 is 21.2 Å². The van der Waals surface area contributed by atoms with E-state index in [1.54, 1.807) is 18.2 Å². The number of sulfone groups is 1. The number of hydrogen-bond acceptors (Lipinski definition) is 6. The highest BCUT2D eigenvalue weighted by Gasteiger charge is 2.27. The number of hydrogen-bond donors (Lipinski definition) is 1. The summed E-state index contributed by atoms with van der Waals surface area (Å²) in [6.07, 6.45) is 0.902. The average Bonchev–Trinajstić information content (AvgIpc) is 2.37. The molecule has 0 radical (unpaired) electrons. The van der Waals surface area contributed by atoms with E-state index in [1.807, 2.05) is 0 Å². The summed E-state index contributed by atoms with van der Waals surface area (Å²) in [6, 6.07) is 10.2. The molecule has 8 heteroatoms. The highest BCUT2D eigenvalue weighted by atomic mass is 32.2. The molecule has 0 atom stereocenters. The van der Waals surface area contributed by atoms with Crippen LogP contribution >= 0.6 is 0 Å². The monoisotopic (exact) mass is 308 g/mol. The fraction of sp³-hybridized carbons (Fsp3) is 0.0769. The lowest BCUT2D eigenvalue weighted by Gasteiger charge is -2.09. The molecule has 0 aliphatic carbocycles. The minimum Gasteiger partial charge on any atom is -0.450 e. The zero-order chi connectivity index (χ0) is 15.6. The number of nitrogens with two attached hydrogens (primary N) is 1. The summed E-state index contributed by atoms with van der Waals surface area (Å²) in [5, 5.41) is 11.2. The number of nitrogen functional groups attached to an aromatic ring is 1. The molecule has 0 spiro atoms. The van der Waals surface area contributed by atoms with Gasteiger partial charge >= 0.3 is 5.69 Å². The summed E-state index contributed by atoms with van der Waals surface area (Å²) >= 11 is 0. The third-order valence-corrected chi connectivity index (χ3v) is 3.76. The maximum Gasteiger partial charge on any atom is 0.330 e. The minimum absolute atomic E-state index is 0.159. The summed E-state index contributed by atoms with van der Waals surface area (Å²) < 4.78 is 28.7. The first-order chi connectivity index (χ1) is 9.79. The molecule has 0 fully saturated rings. The Kier molecular flexibility index (Phi) is 3.81. The molecule has 2 aromatic carbocycles. The standard InChI is InChI=1S/C13H12N2O5S/c1-21(18,19)12-7-3-6-11(13(12)15(16)17)20-10-5-2-4-9(14)8-10/h2-8H,14H2,1H3. The second kappa shape index (κ2) is 5.41. The number of nitro benzene ring substituents is 1. The van der Waals surface area contributed by atoms with Gasteiger partial charge in [0.2, 0.25) is 5.75 Å². The molecular weight excluding hydrogens is 296 g/mol.